The van der Waals surface area contributed by atoms with E-state index in [1.165, 1.54) is 140 Å². The minimum Gasteiger partial charge on any atom is -0.258 e. The number of aryl methyl sites for hydroxylation is 2. The van der Waals surface area contributed by atoms with Gasteiger partial charge in [0.15, 0.2) is 0 Å². The lowest BCUT2D eigenvalue weighted by Gasteiger charge is -2.08. The van der Waals surface area contributed by atoms with Gasteiger partial charge in [0, 0.05) is 11.4 Å². The summed E-state index contributed by atoms with van der Waals surface area (Å²) in [6.07, 6.45) is 30.2. The van der Waals surface area contributed by atoms with Gasteiger partial charge in [0.1, 0.15) is 0 Å². The molecule has 0 aliphatic rings. The summed E-state index contributed by atoms with van der Waals surface area (Å²) in [4.78, 5) is 4.95. The molecule has 0 atom stereocenters. The van der Waals surface area contributed by atoms with Gasteiger partial charge in [0.2, 0.25) is 0 Å². The number of rotatable bonds is 22. The second-order valence-corrected chi connectivity index (χ2v) is 9.82. The summed E-state index contributed by atoms with van der Waals surface area (Å²) in [5.74, 6) is 0. The Labute approximate surface area is 196 Å². The van der Waals surface area contributed by atoms with Gasteiger partial charge in [-0.1, -0.05) is 129 Å². The van der Waals surface area contributed by atoms with Gasteiger partial charge in [-0.05, 0) is 50.3 Å². The van der Waals surface area contributed by atoms with Gasteiger partial charge in [-0.15, -0.1) is 0 Å². The van der Waals surface area contributed by atoms with E-state index < -0.39 is 0 Å². The number of hydrogen-bond donors (Lipinski definition) is 0. The van der Waals surface area contributed by atoms with Gasteiger partial charge >= 0.3 is 0 Å². The molecule has 179 valence electrons. The standard InChI is InChI=1S/C30H54N/c1-4-6-8-10-12-14-16-18-20-22-24-29-26-28(3)27-30(31-29)25-23-21-19-17-15-13-11-9-7-5-2/h26-27H,3-25H2,1-2H3. The van der Waals surface area contributed by atoms with E-state index in [-0.39, 0.29) is 0 Å². The Hall–Kier alpha value is -0.850. The van der Waals surface area contributed by atoms with E-state index in [4.69, 9.17) is 4.98 Å². The molecular formula is C30H54N. The minimum atomic E-state index is 1.13. The first-order chi connectivity index (χ1) is 15.3. The van der Waals surface area contributed by atoms with Crippen LogP contribution in [0.3, 0.4) is 0 Å². The maximum Gasteiger partial charge on any atom is 0.0409 e. The van der Waals surface area contributed by atoms with E-state index in [0.717, 1.165) is 18.4 Å². The monoisotopic (exact) mass is 428 g/mol. The summed E-state index contributed by atoms with van der Waals surface area (Å²) >= 11 is 0. The Morgan fingerprint density at radius 2 is 0.774 bits per heavy atom. The molecule has 1 aromatic rings. The van der Waals surface area contributed by atoms with Gasteiger partial charge in [-0.3, -0.25) is 4.98 Å². The Morgan fingerprint density at radius 3 is 1.10 bits per heavy atom. The molecule has 0 spiro atoms. The fraction of sp³-hybridized carbons (Fsp3) is 0.800. The minimum absolute atomic E-state index is 1.13. The zero-order valence-corrected chi connectivity index (χ0v) is 21.4. The number of hydrogen-bond acceptors (Lipinski definition) is 1. The third-order valence-corrected chi connectivity index (χ3v) is 6.56. The average molecular weight is 429 g/mol. The molecular weight excluding hydrogens is 374 g/mol. The molecule has 31 heavy (non-hydrogen) atoms. The third kappa shape index (κ3) is 17.4. The van der Waals surface area contributed by atoms with Crippen LogP contribution in [0.4, 0.5) is 0 Å². The Kier molecular flexibility index (Phi) is 19.1. The molecule has 0 aliphatic carbocycles. The van der Waals surface area contributed by atoms with Crippen LogP contribution in [0.15, 0.2) is 12.1 Å². The average Bonchev–Trinajstić information content (AvgIpc) is 2.76. The van der Waals surface area contributed by atoms with Crippen molar-refractivity contribution in [3.05, 3.63) is 36.0 Å². The van der Waals surface area contributed by atoms with E-state index in [0.29, 0.717) is 0 Å². The zero-order chi connectivity index (χ0) is 22.4. The fourth-order valence-electron chi connectivity index (χ4n) is 4.56. The van der Waals surface area contributed by atoms with Gasteiger partial charge in [-0.25, -0.2) is 0 Å². The highest BCUT2D eigenvalue weighted by Crippen LogP contribution is 2.15. The Bertz CT molecular complexity index is 465. The van der Waals surface area contributed by atoms with Crippen LogP contribution in [0.1, 0.15) is 159 Å². The van der Waals surface area contributed by atoms with Crippen molar-refractivity contribution in [2.45, 2.75) is 155 Å². The van der Waals surface area contributed by atoms with Crippen LogP contribution < -0.4 is 0 Å². The van der Waals surface area contributed by atoms with Gasteiger partial charge in [-0.2, -0.15) is 0 Å². The van der Waals surface area contributed by atoms with Crippen molar-refractivity contribution in [3.63, 3.8) is 0 Å². The van der Waals surface area contributed by atoms with Crippen molar-refractivity contribution in [1.82, 2.24) is 4.98 Å². The van der Waals surface area contributed by atoms with E-state index in [1.807, 2.05) is 0 Å². The van der Waals surface area contributed by atoms with E-state index in [2.05, 4.69) is 32.9 Å². The predicted molar refractivity (Wildman–Crippen MR) is 140 cm³/mol. The number of aromatic nitrogens is 1. The summed E-state index contributed by atoms with van der Waals surface area (Å²) < 4.78 is 0. The molecule has 1 radical (unpaired) electrons. The molecule has 0 saturated carbocycles. The molecule has 0 fully saturated rings. The normalized spacial score (nSPS) is 11.3. The zero-order valence-electron chi connectivity index (χ0n) is 21.4. The quantitative estimate of drug-likeness (QED) is 0.167. The van der Waals surface area contributed by atoms with Crippen molar-refractivity contribution in [2.24, 2.45) is 0 Å². The molecule has 0 bridgehead atoms. The van der Waals surface area contributed by atoms with E-state index in [9.17, 15) is 0 Å². The lowest BCUT2D eigenvalue weighted by Crippen LogP contribution is -1.98. The molecule has 1 heterocycles. The van der Waals surface area contributed by atoms with Gasteiger partial charge < -0.3 is 0 Å². The second-order valence-electron chi connectivity index (χ2n) is 9.82. The van der Waals surface area contributed by atoms with E-state index >= 15 is 0 Å². The van der Waals surface area contributed by atoms with Crippen molar-refractivity contribution in [1.29, 1.82) is 0 Å². The van der Waals surface area contributed by atoms with Crippen LogP contribution in [0.25, 0.3) is 0 Å². The predicted octanol–water partition coefficient (Wildman–Crippen LogP) is 10.2. The molecule has 1 rings (SSSR count). The van der Waals surface area contributed by atoms with Gasteiger partial charge in [0.25, 0.3) is 0 Å². The van der Waals surface area contributed by atoms with Crippen LogP contribution in [-0.4, -0.2) is 4.98 Å². The number of nitrogens with zero attached hydrogens (tertiary/aromatic N) is 1. The lowest BCUT2D eigenvalue weighted by molar-refractivity contribution is 0.553. The molecule has 1 aromatic heterocycles. The maximum absolute atomic E-state index is 4.95. The number of unbranched alkanes of at least 4 members (excludes halogenated alkanes) is 18. The molecule has 0 N–H and O–H groups in total. The van der Waals surface area contributed by atoms with Crippen LogP contribution in [0.5, 0.6) is 0 Å². The van der Waals surface area contributed by atoms with Crippen LogP contribution in [0, 0.1) is 6.92 Å². The van der Waals surface area contributed by atoms with Crippen LogP contribution >= 0.6 is 0 Å². The summed E-state index contributed by atoms with van der Waals surface area (Å²) in [5, 5.41) is 0. The molecule has 0 saturated heterocycles. The second kappa shape index (κ2) is 21.0. The smallest absolute Gasteiger partial charge is 0.0409 e. The SMILES string of the molecule is [CH2]c1cc(CCCCCCCCCCCC)nc(CCCCCCCCCCCC)c1. The summed E-state index contributed by atoms with van der Waals surface area (Å²) in [6, 6.07) is 4.41. The fourth-order valence-corrected chi connectivity index (χ4v) is 4.56. The number of pyridine rings is 1. The Morgan fingerprint density at radius 1 is 0.484 bits per heavy atom. The highest BCUT2D eigenvalue weighted by atomic mass is 14.7. The maximum atomic E-state index is 4.95. The third-order valence-electron chi connectivity index (χ3n) is 6.56. The summed E-state index contributed by atoms with van der Waals surface area (Å²) in [7, 11) is 0. The van der Waals surface area contributed by atoms with E-state index in [1.54, 1.807) is 0 Å². The summed E-state index contributed by atoms with van der Waals surface area (Å²) in [6.45, 7) is 8.78. The first-order valence-corrected chi connectivity index (χ1v) is 14.1. The summed E-state index contributed by atoms with van der Waals surface area (Å²) in [5.41, 5.74) is 3.70. The van der Waals surface area contributed by atoms with Crippen molar-refractivity contribution >= 4 is 0 Å². The van der Waals surface area contributed by atoms with Crippen molar-refractivity contribution in [2.75, 3.05) is 0 Å². The van der Waals surface area contributed by atoms with Crippen molar-refractivity contribution < 1.29 is 0 Å². The molecule has 0 aromatic carbocycles. The molecule has 0 aliphatic heterocycles. The molecule has 0 amide bonds. The molecule has 0 unspecified atom stereocenters. The first-order valence-electron chi connectivity index (χ1n) is 14.1. The topological polar surface area (TPSA) is 12.9 Å². The molecule has 1 nitrogen and oxygen atoms in total. The lowest BCUT2D eigenvalue weighted by atomic mass is 10.0. The highest BCUT2D eigenvalue weighted by Gasteiger charge is 2.02. The Balaban J connectivity index is 2.06. The van der Waals surface area contributed by atoms with Gasteiger partial charge in [0.05, 0.1) is 0 Å². The first kappa shape index (κ1) is 28.2. The van der Waals surface area contributed by atoms with Crippen LogP contribution in [-0.2, 0) is 12.8 Å². The van der Waals surface area contributed by atoms with Crippen LogP contribution in [0.2, 0.25) is 0 Å². The largest absolute Gasteiger partial charge is 0.258 e. The van der Waals surface area contributed by atoms with Crippen molar-refractivity contribution in [3.8, 4) is 0 Å². The highest BCUT2D eigenvalue weighted by molar-refractivity contribution is 5.24. The molecule has 1 heteroatoms.